The van der Waals surface area contributed by atoms with Crippen LogP contribution in [0.1, 0.15) is 57.8 Å². The Morgan fingerprint density at radius 1 is 0.905 bits per heavy atom. The summed E-state index contributed by atoms with van der Waals surface area (Å²) in [6.45, 7) is 5.35. The van der Waals surface area contributed by atoms with Crippen molar-refractivity contribution in [2.75, 3.05) is 32.7 Å². The van der Waals surface area contributed by atoms with E-state index in [4.69, 9.17) is 0 Å². The number of amides is 1. The molecule has 0 aromatic heterocycles. The predicted octanol–water partition coefficient (Wildman–Crippen LogP) is 2.00. The van der Waals surface area contributed by atoms with E-state index in [1.54, 1.807) is 0 Å². The molecule has 1 saturated carbocycles. The van der Waals surface area contributed by atoms with E-state index in [1.165, 1.54) is 70.9 Å². The van der Waals surface area contributed by atoms with Crippen molar-refractivity contribution in [3.8, 4) is 0 Å². The molecule has 4 heteroatoms. The molecule has 1 N–H and O–H groups in total. The Morgan fingerprint density at radius 2 is 1.67 bits per heavy atom. The van der Waals surface area contributed by atoms with Gasteiger partial charge in [-0.3, -0.25) is 14.6 Å². The van der Waals surface area contributed by atoms with Crippen LogP contribution in [0.5, 0.6) is 0 Å². The molecule has 0 bridgehead atoms. The van der Waals surface area contributed by atoms with Gasteiger partial charge < -0.3 is 5.32 Å². The quantitative estimate of drug-likeness (QED) is 0.861. The topological polar surface area (TPSA) is 35.6 Å². The molecule has 0 aromatic carbocycles. The molecule has 0 spiro atoms. The molecule has 3 rings (SSSR count). The van der Waals surface area contributed by atoms with Crippen LogP contribution in [-0.2, 0) is 4.79 Å². The highest BCUT2D eigenvalue weighted by atomic mass is 16.2. The van der Waals surface area contributed by atoms with Gasteiger partial charge in [-0.1, -0.05) is 19.3 Å². The van der Waals surface area contributed by atoms with Crippen molar-refractivity contribution in [1.82, 2.24) is 15.1 Å². The van der Waals surface area contributed by atoms with E-state index < -0.39 is 0 Å². The van der Waals surface area contributed by atoms with Gasteiger partial charge in [-0.15, -0.1) is 0 Å². The van der Waals surface area contributed by atoms with Crippen LogP contribution in [0, 0.1) is 0 Å². The van der Waals surface area contributed by atoms with Crippen LogP contribution in [0.3, 0.4) is 0 Å². The standard InChI is InChI=1S/C17H31N3O/c21-17(18-15-7-2-3-8-15)14-19-10-6-9-16(13-19)20-11-4-1-5-12-20/h15-16H,1-14H2,(H,18,21)/t16-/m0/s1. The SMILES string of the molecule is O=C(CN1CCC[C@H](N2CCCCC2)C1)NC1CCCC1. The Bertz CT molecular complexity index is 335. The molecule has 0 radical (unpaired) electrons. The fourth-order valence-corrected chi connectivity index (χ4v) is 4.30. The van der Waals surface area contributed by atoms with E-state index in [2.05, 4.69) is 15.1 Å². The van der Waals surface area contributed by atoms with E-state index >= 15 is 0 Å². The Hall–Kier alpha value is -0.610. The van der Waals surface area contributed by atoms with Gasteiger partial charge in [0.05, 0.1) is 6.54 Å². The first-order valence-corrected chi connectivity index (χ1v) is 9.07. The number of carbonyl (C=O) groups excluding carboxylic acids is 1. The van der Waals surface area contributed by atoms with Crippen molar-refractivity contribution in [2.45, 2.75) is 69.9 Å². The highest BCUT2D eigenvalue weighted by molar-refractivity contribution is 5.78. The van der Waals surface area contributed by atoms with Crippen molar-refractivity contribution in [3.63, 3.8) is 0 Å². The molecular weight excluding hydrogens is 262 g/mol. The average molecular weight is 293 g/mol. The van der Waals surface area contributed by atoms with Crippen molar-refractivity contribution in [2.24, 2.45) is 0 Å². The molecule has 0 unspecified atom stereocenters. The Balaban J connectivity index is 1.43. The third-order valence-electron chi connectivity index (χ3n) is 5.48. The van der Waals surface area contributed by atoms with Gasteiger partial charge in [-0.25, -0.2) is 0 Å². The zero-order chi connectivity index (χ0) is 14.5. The van der Waals surface area contributed by atoms with E-state index in [1.807, 2.05) is 0 Å². The predicted molar refractivity (Wildman–Crippen MR) is 85.3 cm³/mol. The molecular formula is C17H31N3O. The number of nitrogens with one attached hydrogen (secondary N) is 1. The summed E-state index contributed by atoms with van der Waals surface area (Å²) < 4.78 is 0. The summed E-state index contributed by atoms with van der Waals surface area (Å²) in [5.74, 6) is 0.251. The van der Waals surface area contributed by atoms with E-state index in [0.29, 0.717) is 18.6 Å². The molecule has 1 aliphatic carbocycles. The Labute approximate surface area is 129 Å². The number of hydrogen-bond donors (Lipinski definition) is 1. The molecule has 3 fully saturated rings. The summed E-state index contributed by atoms with van der Waals surface area (Å²) in [6.07, 6.45) is 11.6. The van der Waals surface area contributed by atoms with Crippen LogP contribution < -0.4 is 5.32 Å². The van der Waals surface area contributed by atoms with Crippen LogP contribution >= 0.6 is 0 Å². The van der Waals surface area contributed by atoms with E-state index in [0.717, 1.165) is 13.1 Å². The maximum absolute atomic E-state index is 12.2. The van der Waals surface area contributed by atoms with Crippen molar-refractivity contribution < 1.29 is 4.79 Å². The first-order valence-electron chi connectivity index (χ1n) is 9.07. The lowest BCUT2D eigenvalue weighted by Gasteiger charge is -2.40. The lowest BCUT2D eigenvalue weighted by Crippen LogP contribution is -2.52. The Kier molecular flexibility index (Phi) is 5.53. The van der Waals surface area contributed by atoms with Crippen molar-refractivity contribution >= 4 is 5.91 Å². The second-order valence-corrected chi connectivity index (χ2v) is 7.18. The molecule has 0 aromatic rings. The normalized spacial score (nSPS) is 29.6. The summed E-state index contributed by atoms with van der Waals surface area (Å²) in [5.41, 5.74) is 0. The monoisotopic (exact) mass is 293 g/mol. The lowest BCUT2D eigenvalue weighted by atomic mass is 10.0. The molecule has 2 aliphatic heterocycles. The summed E-state index contributed by atoms with van der Waals surface area (Å²) in [5, 5.41) is 3.23. The largest absolute Gasteiger partial charge is 0.352 e. The number of piperidine rings is 2. The number of rotatable bonds is 4. The summed E-state index contributed by atoms with van der Waals surface area (Å²) >= 11 is 0. The van der Waals surface area contributed by atoms with Crippen LogP contribution in [0.4, 0.5) is 0 Å². The van der Waals surface area contributed by atoms with Crippen LogP contribution in [-0.4, -0.2) is 60.5 Å². The zero-order valence-electron chi connectivity index (χ0n) is 13.4. The van der Waals surface area contributed by atoms with Gasteiger partial charge in [0.2, 0.25) is 5.91 Å². The van der Waals surface area contributed by atoms with Gasteiger partial charge in [0.25, 0.3) is 0 Å². The van der Waals surface area contributed by atoms with Gasteiger partial charge in [-0.05, 0) is 58.2 Å². The molecule has 2 heterocycles. The van der Waals surface area contributed by atoms with E-state index in [9.17, 15) is 4.79 Å². The van der Waals surface area contributed by atoms with Crippen molar-refractivity contribution in [3.05, 3.63) is 0 Å². The molecule has 21 heavy (non-hydrogen) atoms. The smallest absolute Gasteiger partial charge is 0.234 e. The molecule has 120 valence electrons. The van der Waals surface area contributed by atoms with Crippen LogP contribution in [0.2, 0.25) is 0 Å². The third-order valence-corrected chi connectivity index (χ3v) is 5.48. The average Bonchev–Trinajstić information content (AvgIpc) is 3.01. The van der Waals surface area contributed by atoms with Gasteiger partial charge in [0.15, 0.2) is 0 Å². The number of carbonyl (C=O) groups is 1. The zero-order valence-corrected chi connectivity index (χ0v) is 13.4. The minimum absolute atomic E-state index is 0.251. The van der Waals surface area contributed by atoms with Crippen LogP contribution in [0.15, 0.2) is 0 Å². The molecule has 4 nitrogen and oxygen atoms in total. The molecule has 1 atom stereocenters. The van der Waals surface area contributed by atoms with Gasteiger partial charge in [0, 0.05) is 18.6 Å². The van der Waals surface area contributed by atoms with E-state index in [-0.39, 0.29) is 5.91 Å². The highest BCUT2D eigenvalue weighted by Crippen LogP contribution is 2.20. The fourth-order valence-electron chi connectivity index (χ4n) is 4.30. The van der Waals surface area contributed by atoms with Gasteiger partial charge in [0.1, 0.15) is 0 Å². The summed E-state index contributed by atoms with van der Waals surface area (Å²) in [6, 6.07) is 1.15. The maximum atomic E-state index is 12.2. The molecule has 3 aliphatic rings. The second-order valence-electron chi connectivity index (χ2n) is 7.18. The first-order chi connectivity index (χ1) is 10.3. The Morgan fingerprint density at radius 3 is 2.43 bits per heavy atom. The van der Waals surface area contributed by atoms with Gasteiger partial charge in [-0.2, -0.15) is 0 Å². The molecule has 1 amide bonds. The van der Waals surface area contributed by atoms with Gasteiger partial charge >= 0.3 is 0 Å². The first kappa shape index (κ1) is 15.3. The minimum Gasteiger partial charge on any atom is -0.352 e. The second kappa shape index (κ2) is 7.59. The van der Waals surface area contributed by atoms with Crippen LogP contribution in [0.25, 0.3) is 0 Å². The molecule has 2 saturated heterocycles. The number of nitrogens with zero attached hydrogens (tertiary/aromatic N) is 2. The number of likely N-dealkylation sites (tertiary alicyclic amines) is 2. The highest BCUT2D eigenvalue weighted by Gasteiger charge is 2.27. The lowest BCUT2D eigenvalue weighted by molar-refractivity contribution is -0.123. The number of hydrogen-bond acceptors (Lipinski definition) is 3. The third kappa shape index (κ3) is 4.43. The van der Waals surface area contributed by atoms with Crippen molar-refractivity contribution in [1.29, 1.82) is 0 Å². The summed E-state index contributed by atoms with van der Waals surface area (Å²) in [4.78, 5) is 17.2. The minimum atomic E-state index is 0.251. The fraction of sp³-hybridized carbons (Fsp3) is 0.941. The summed E-state index contributed by atoms with van der Waals surface area (Å²) in [7, 11) is 0. The maximum Gasteiger partial charge on any atom is 0.234 e.